The quantitative estimate of drug-likeness (QED) is 0.375. The normalized spacial score (nSPS) is 10.6. The van der Waals surface area contributed by atoms with Crippen molar-refractivity contribution in [3.8, 4) is 5.75 Å². The van der Waals surface area contributed by atoms with Crippen LogP contribution in [0.25, 0.3) is 0 Å². The van der Waals surface area contributed by atoms with Crippen molar-refractivity contribution in [2.45, 2.75) is 26.6 Å². The maximum Gasteiger partial charge on any atom is 0.273 e. The smallest absolute Gasteiger partial charge is 0.273 e. The van der Waals surface area contributed by atoms with E-state index >= 15 is 0 Å². The van der Waals surface area contributed by atoms with Gasteiger partial charge in [0.05, 0.1) is 20.2 Å². The zero-order chi connectivity index (χ0) is 23.9. The first-order chi connectivity index (χ1) is 16.5. The van der Waals surface area contributed by atoms with Crippen LogP contribution in [0, 0.1) is 6.92 Å². The van der Waals surface area contributed by atoms with Crippen LogP contribution in [0.15, 0.2) is 76.6 Å². The SMILES string of the molecule is COc1cccc(C(=O)N(Cc2cc(C(=O)NCc3ccc(C)cc3)no2)Cc2cccs2)c1. The average Bonchev–Trinajstić information content (AvgIpc) is 3.55. The van der Waals surface area contributed by atoms with E-state index in [2.05, 4.69) is 10.5 Å². The van der Waals surface area contributed by atoms with Gasteiger partial charge in [-0.15, -0.1) is 11.3 Å². The number of nitrogens with zero attached hydrogens (tertiary/aromatic N) is 2. The number of thiophene rings is 1. The van der Waals surface area contributed by atoms with Crippen LogP contribution < -0.4 is 10.1 Å². The van der Waals surface area contributed by atoms with Gasteiger partial charge >= 0.3 is 0 Å². The monoisotopic (exact) mass is 475 g/mol. The van der Waals surface area contributed by atoms with Gasteiger partial charge in [-0.3, -0.25) is 9.59 Å². The molecule has 2 heterocycles. The molecule has 1 N–H and O–H groups in total. The molecule has 0 spiro atoms. The fourth-order valence-electron chi connectivity index (χ4n) is 3.39. The summed E-state index contributed by atoms with van der Waals surface area (Å²) in [5, 5.41) is 8.72. The van der Waals surface area contributed by atoms with Crippen LogP contribution in [0.3, 0.4) is 0 Å². The number of ether oxygens (including phenoxy) is 1. The van der Waals surface area contributed by atoms with E-state index in [9.17, 15) is 9.59 Å². The van der Waals surface area contributed by atoms with E-state index in [1.807, 2.05) is 48.7 Å². The lowest BCUT2D eigenvalue weighted by Gasteiger charge is -2.21. The van der Waals surface area contributed by atoms with Crippen molar-refractivity contribution in [3.63, 3.8) is 0 Å². The van der Waals surface area contributed by atoms with Gasteiger partial charge in [0.25, 0.3) is 11.8 Å². The molecule has 4 aromatic rings. The third kappa shape index (κ3) is 5.90. The number of hydrogen-bond donors (Lipinski definition) is 1. The third-order valence-corrected chi connectivity index (χ3v) is 6.10. The number of hydrogen-bond acceptors (Lipinski definition) is 6. The Morgan fingerprint density at radius 2 is 1.88 bits per heavy atom. The van der Waals surface area contributed by atoms with Crippen LogP contribution in [0.1, 0.15) is 42.6 Å². The van der Waals surface area contributed by atoms with E-state index in [0.717, 1.165) is 16.0 Å². The summed E-state index contributed by atoms with van der Waals surface area (Å²) in [5.41, 5.74) is 2.83. The highest BCUT2D eigenvalue weighted by molar-refractivity contribution is 7.09. The number of carbonyl (C=O) groups excluding carboxylic acids is 2. The van der Waals surface area contributed by atoms with Gasteiger partial charge in [-0.2, -0.15) is 0 Å². The number of rotatable bonds is 9. The predicted octanol–water partition coefficient (Wildman–Crippen LogP) is 4.83. The van der Waals surface area contributed by atoms with E-state index in [4.69, 9.17) is 9.26 Å². The average molecular weight is 476 g/mol. The largest absolute Gasteiger partial charge is 0.497 e. The molecule has 8 heteroatoms. The molecule has 0 saturated carbocycles. The van der Waals surface area contributed by atoms with Gasteiger partial charge in [-0.1, -0.05) is 47.1 Å². The second-order valence-electron chi connectivity index (χ2n) is 7.82. The molecule has 0 fully saturated rings. The molecule has 0 bridgehead atoms. The van der Waals surface area contributed by atoms with Crippen molar-refractivity contribution in [1.29, 1.82) is 0 Å². The molecule has 0 saturated heterocycles. The second kappa shape index (κ2) is 10.8. The Labute approximate surface area is 202 Å². The topological polar surface area (TPSA) is 84.7 Å². The summed E-state index contributed by atoms with van der Waals surface area (Å²) in [6.07, 6.45) is 0. The standard InChI is InChI=1S/C26H25N3O4S/c1-18-8-10-19(11-9-18)15-27-25(30)24-14-22(33-28-24)16-29(17-23-7-4-12-34-23)26(31)20-5-3-6-21(13-20)32-2/h3-14H,15-17H2,1-2H3,(H,27,30). The second-order valence-corrected chi connectivity index (χ2v) is 8.85. The predicted molar refractivity (Wildman–Crippen MR) is 130 cm³/mol. The van der Waals surface area contributed by atoms with Gasteiger partial charge in [0.15, 0.2) is 11.5 Å². The lowest BCUT2D eigenvalue weighted by molar-refractivity contribution is 0.0714. The third-order valence-electron chi connectivity index (χ3n) is 5.24. The fourth-order valence-corrected chi connectivity index (χ4v) is 4.11. The Hall–Kier alpha value is -3.91. The molecule has 0 aliphatic rings. The zero-order valence-corrected chi connectivity index (χ0v) is 19.8. The molecule has 2 aromatic heterocycles. The molecular formula is C26H25N3O4S. The number of aryl methyl sites for hydroxylation is 1. The number of methoxy groups -OCH3 is 1. The van der Waals surface area contributed by atoms with Gasteiger partial charge in [0.2, 0.25) is 0 Å². The van der Waals surface area contributed by atoms with Crippen molar-refractivity contribution in [2.24, 2.45) is 0 Å². The minimum atomic E-state index is -0.334. The summed E-state index contributed by atoms with van der Waals surface area (Å²) in [6.45, 7) is 2.98. The summed E-state index contributed by atoms with van der Waals surface area (Å²) in [7, 11) is 1.56. The minimum absolute atomic E-state index is 0.172. The molecule has 0 atom stereocenters. The zero-order valence-electron chi connectivity index (χ0n) is 19.0. The summed E-state index contributed by atoms with van der Waals surface area (Å²) in [5.74, 6) is 0.524. The van der Waals surface area contributed by atoms with Crippen molar-refractivity contribution < 1.29 is 18.8 Å². The Kier molecular flexibility index (Phi) is 7.39. The van der Waals surface area contributed by atoms with Gasteiger partial charge in [0, 0.05) is 23.1 Å². The summed E-state index contributed by atoms with van der Waals surface area (Å²) >= 11 is 1.57. The molecule has 174 valence electrons. The Bertz CT molecular complexity index is 1250. The molecule has 0 unspecified atom stereocenters. The van der Waals surface area contributed by atoms with Gasteiger partial charge < -0.3 is 19.5 Å². The van der Waals surface area contributed by atoms with E-state index in [1.165, 1.54) is 0 Å². The van der Waals surface area contributed by atoms with Crippen molar-refractivity contribution in [1.82, 2.24) is 15.4 Å². The van der Waals surface area contributed by atoms with Crippen molar-refractivity contribution in [2.75, 3.05) is 7.11 Å². The highest BCUT2D eigenvalue weighted by Gasteiger charge is 2.21. The maximum atomic E-state index is 13.3. The minimum Gasteiger partial charge on any atom is -0.497 e. The number of benzene rings is 2. The first-order valence-corrected chi connectivity index (χ1v) is 11.6. The van der Waals surface area contributed by atoms with Gasteiger partial charge in [-0.05, 0) is 42.1 Å². The molecule has 2 amide bonds. The molecule has 2 aromatic carbocycles. The summed E-state index contributed by atoms with van der Waals surface area (Å²) in [4.78, 5) is 28.5. The summed E-state index contributed by atoms with van der Waals surface area (Å²) < 4.78 is 10.7. The van der Waals surface area contributed by atoms with E-state index in [-0.39, 0.29) is 24.1 Å². The number of carbonyl (C=O) groups is 2. The van der Waals surface area contributed by atoms with E-state index in [0.29, 0.717) is 30.2 Å². The fraction of sp³-hybridized carbons (Fsp3) is 0.192. The Balaban J connectivity index is 1.46. The van der Waals surface area contributed by atoms with Gasteiger partial charge in [0.1, 0.15) is 5.75 Å². The molecule has 7 nitrogen and oxygen atoms in total. The van der Waals surface area contributed by atoms with Crippen molar-refractivity contribution in [3.05, 3.63) is 105 Å². The van der Waals surface area contributed by atoms with E-state index in [1.54, 1.807) is 53.7 Å². The van der Waals surface area contributed by atoms with Crippen LogP contribution in [0.4, 0.5) is 0 Å². The summed E-state index contributed by atoms with van der Waals surface area (Å²) in [6, 6.07) is 20.4. The molecule has 4 rings (SSSR count). The number of amides is 2. The van der Waals surface area contributed by atoms with Crippen LogP contribution in [0.5, 0.6) is 5.75 Å². The number of aromatic nitrogens is 1. The highest BCUT2D eigenvalue weighted by Crippen LogP contribution is 2.20. The highest BCUT2D eigenvalue weighted by atomic mass is 32.1. The van der Waals surface area contributed by atoms with Crippen LogP contribution in [-0.2, 0) is 19.6 Å². The van der Waals surface area contributed by atoms with Crippen LogP contribution >= 0.6 is 11.3 Å². The molecular weight excluding hydrogens is 450 g/mol. The lowest BCUT2D eigenvalue weighted by atomic mass is 10.1. The van der Waals surface area contributed by atoms with Crippen LogP contribution in [0.2, 0.25) is 0 Å². The molecule has 0 aliphatic heterocycles. The molecule has 0 radical (unpaired) electrons. The first-order valence-electron chi connectivity index (χ1n) is 10.8. The Morgan fingerprint density at radius 1 is 1.06 bits per heavy atom. The number of nitrogens with one attached hydrogen (secondary N) is 1. The molecule has 34 heavy (non-hydrogen) atoms. The maximum absolute atomic E-state index is 13.3. The lowest BCUT2D eigenvalue weighted by Crippen LogP contribution is -2.29. The van der Waals surface area contributed by atoms with E-state index < -0.39 is 0 Å². The van der Waals surface area contributed by atoms with Crippen molar-refractivity contribution >= 4 is 23.2 Å². The Morgan fingerprint density at radius 3 is 2.62 bits per heavy atom. The van der Waals surface area contributed by atoms with Crippen LogP contribution in [-0.4, -0.2) is 29.0 Å². The first kappa shape index (κ1) is 23.3. The van der Waals surface area contributed by atoms with Gasteiger partial charge in [-0.25, -0.2) is 0 Å². The molecule has 0 aliphatic carbocycles.